The summed E-state index contributed by atoms with van der Waals surface area (Å²) in [5, 5.41) is 11.1. The Morgan fingerprint density at radius 3 is 3.05 bits per heavy atom. The van der Waals surface area contributed by atoms with Crippen molar-refractivity contribution in [2.24, 2.45) is 0 Å². The van der Waals surface area contributed by atoms with E-state index in [1.54, 1.807) is 11.3 Å². The first kappa shape index (κ1) is 11.4. The minimum absolute atomic E-state index is 0.355. The number of para-hydroxylation sites is 1. The molecule has 1 atom stereocenters. The van der Waals surface area contributed by atoms with Gasteiger partial charge >= 0.3 is 0 Å². The van der Waals surface area contributed by atoms with Crippen LogP contribution in [0.25, 0.3) is 0 Å². The van der Waals surface area contributed by atoms with Crippen molar-refractivity contribution >= 4 is 22.2 Å². The van der Waals surface area contributed by atoms with Gasteiger partial charge in [-0.15, -0.1) is 11.3 Å². The first-order valence-corrected chi connectivity index (χ1v) is 7.67. The molecule has 3 nitrogen and oxygen atoms in total. The standard InChI is InChI=1S/C15H16N2OS/c18-12-6-3-7-13-14(12)16-15(19-13)17-9-8-10-4-1-2-5-11(10)17/h1-2,4-5,12,18H,3,6-9H2. The maximum Gasteiger partial charge on any atom is 0.190 e. The SMILES string of the molecule is OC1CCCc2sc(N3CCc4ccccc43)nc21. The number of aryl methyl sites for hydroxylation is 1. The number of hydrogen-bond acceptors (Lipinski definition) is 4. The van der Waals surface area contributed by atoms with E-state index in [4.69, 9.17) is 4.98 Å². The van der Waals surface area contributed by atoms with Crippen molar-refractivity contribution in [1.82, 2.24) is 4.98 Å². The van der Waals surface area contributed by atoms with Crippen LogP contribution in [0.1, 0.15) is 35.1 Å². The van der Waals surface area contributed by atoms with Gasteiger partial charge < -0.3 is 10.0 Å². The normalized spacial score (nSPS) is 21.3. The van der Waals surface area contributed by atoms with Crippen molar-refractivity contribution in [3.05, 3.63) is 40.4 Å². The van der Waals surface area contributed by atoms with Gasteiger partial charge in [0, 0.05) is 17.1 Å². The van der Waals surface area contributed by atoms with Gasteiger partial charge in [-0.25, -0.2) is 4.98 Å². The van der Waals surface area contributed by atoms with E-state index in [2.05, 4.69) is 29.2 Å². The Balaban J connectivity index is 1.75. The van der Waals surface area contributed by atoms with Gasteiger partial charge in [0.2, 0.25) is 0 Å². The van der Waals surface area contributed by atoms with Gasteiger partial charge in [0.1, 0.15) is 0 Å². The molecular weight excluding hydrogens is 256 g/mol. The highest BCUT2D eigenvalue weighted by atomic mass is 32.1. The summed E-state index contributed by atoms with van der Waals surface area (Å²) in [6.45, 7) is 1.00. The molecule has 0 fully saturated rings. The first-order valence-electron chi connectivity index (χ1n) is 6.86. The molecule has 4 rings (SSSR count). The molecule has 2 heterocycles. The van der Waals surface area contributed by atoms with E-state index in [0.29, 0.717) is 0 Å². The molecule has 2 aliphatic rings. The van der Waals surface area contributed by atoms with Crippen LogP contribution >= 0.6 is 11.3 Å². The van der Waals surface area contributed by atoms with E-state index in [9.17, 15) is 5.11 Å². The van der Waals surface area contributed by atoms with Gasteiger partial charge in [0.05, 0.1) is 11.8 Å². The number of aromatic nitrogens is 1. The predicted molar refractivity (Wildman–Crippen MR) is 77.2 cm³/mol. The molecule has 1 aliphatic carbocycles. The summed E-state index contributed by atoms with van der Waals surface area (Å²) < 4.78 is 0. The number of aliphatic hydroxyl groups excluding tert-OH is 1. The van der Waals surface area contributed by atoms with Crippen molar-refractivity contribution in [3.63, 3.8) is 0 Å². The van der Waals surface area contributed by atoms with Crippen molar-refractivity contribution in [2.75, 3.05) is 11.4 Å². The third-order valence-corrected chi connectivity index (χ3v) is 5.19. The number of rotatable bonds is 1. The largest absolute Gasteiger partial charge is 0.387 e. The molecule has 1 aromatic carbocycles. The highest BCUT2D eigenvalue weighted by Gasteiger charge is 2.27. The zero-order valence-corrected chi connectivity index (χ0v) is 11.5. The Morgan fingerprint density at radius 1 is 1.26 bits per heavy atom. The molecule has 98 valence electrons. The molecule has 1 N–H and O–H groups in total. The topological polar surface area (TPSA) is 36.4 Å². The summed E-state index contributed by atoms with van der Waals surface area (Å²) >= 11 is 1.75. The van der Waals surface area contributed by atoms with Crippen LogP contribution in [0.4, 0.5) is 10.8 Å². The molecule has 1 aromatic heterocycles. The molecule has 0 radical (unpaired) electrons. The quantitative estimate of drug-likeness (QED) is 0.866. The monoisotopic (exact) mass is 272 g/mol. The van der Waals surface area contributed by atoms with E-state index in [1.807, 2.05) is 0 Å². The minimum atomic E-state index is -0.355. The average Bonchev–Trinajstić information content (AvgIpc) is 3.02. The zero-order chi connectivity index (χ0) is 12.8. The van der Waals surface area contributed by atoms with Crippen molar-refractivity contribution in [2.45, 2.75) is 31.8 Å². The molecule has 19 heavy (non-hydrogen) atoms. The van der Waals surface area contributed by atoms with E-state index < -0.39 is 0 Å². The van der Waals surface area contributed by atoms with Crippen LogP contribution in [0.2, 0.25) is 0 Å². The van der Waals surface area contributed by atoms with Crippen molar-refractivity contribution in [3.8, 4) is 0 Å². The zero-order valence-electron chi connectivity index (χ0n) is 10.7. The van der Waals surface area contributed by atoms with Gasteiger partial charge in [-0.3, -0.25) is 0 Å². The number of benzene rings is 1. The van der Waals surface area contributed by atoms with Gasteiger partial charge in [0.15, 0.2) is 5.13 Å². The Bertz CT molecular complexity index is 622. The fraction of sp³-hybridized carbons (Fsp3) is 0.400. The number of nitrogens with zero attached hydrogens (tertiary/aromatic N) is 2. The van der Waals surface area contributed by atoms with Crippen LogP contribution in [0.3, 0.4) is 0 Å². The van der Waals surface area contributed by atoms with Gasteiger partial charge in [-0.2, -0.15) is 0 Å². The summed E-state index contributed by atoms with van der Waals surface area (Å²) in [5.74, 6) is 0. The third kappa shape index (κ3) is 1.78. The second-order valence-corrected chi connectivity index (χ2v) is 6.31. The van der Waals surface area contributed by atoms with E-state index in [0.717, 1.165) is 43.1 Å². The summed E-state index contributed by atoms with van der Waals surface area (Å²) in [6.07, 6.45) is 3.73. The fourth-order valence-corrected chi connectivity index (χ4v) is 4.23. The molecule has 0 saturated carbocycles. The highest BCUT2D eigenvalue weighted by molar-refractivity contribution is 7.15. The van der Waals surface area contributed by atoms with E-state index >= 15 is 0 Å². The predicted octanol–water partition coefficient (Wildman–Crippen LogP) is 3.21. The summed E-state index contributed by atoms with van der Waals surface area (Å²) in [6, 6.07) is 8.54. The smallest absolute Gasteiger partial charge is 0.190 e. The fourth-order valence-electron chi connectivity index (χ4n) is 3.04. The van der Waals surface area contributed by atoms with Crippen LogP contribution in [0.5, 0.6) is 0 Å². The van der Waals surface area contributed by atoms with Crippen LogP contribution in [-0.4, -0.2) is 16.6 Å². The Labute approximate surface area is 116 Å². The summed E-state index contributed by atoms with van der Waals surface area (Å²) in [4.78, 5) is 8.28. The van der Waals surface area contributed by atoms with Crippen LogP contribution in [-0.2, 0) is 12.8 Å². The summed E-state index contributed by atoms with van der Waals surface area (Å²) in [5.41, 5.74) is 3.61. The number of fused-ring (bicyclic) bond motifs is 2. The lowest BCUT2D eigenvalue weighted by atomic mass is 10.0. The molecule has 4 heteroatoms. The summed E-state index contributed by atoms with van der Waals surface area (Å²) in [7, 11) is 0. The van der Waals surface area contributed by atoms with Crippen LogP contribution in [0.15, 0.2) is 24.3 Å². The Kier molecular flexibility index (Phi) is 2.60. The Morgan fingerprint density at radius 2 is 2.16 bits per heavy atom. The van der Waals surface area contributed by atoms with E-state index in [-0.39, 0.29) is 6.10 Å². The van der Waals surface area contributed by atoms with Gasteiger partial charge in [-0.1, -0.05) is 18.2 Å². The first-order chi connectivity index (χ1) is 9.33. The maximum absolute atomic E-state index is 10.0. The maximum atomic E-state index is 10.0. The molecule has 0 saturated heterocycles. The lowest BCUT2D eigenvalue weighted by Gasteiger charge is -2.15. The van der Waals surface area contributed by atoms with Crippen molar-refractivity contribution < 1.29 is 5.11 Å². The van der Waals surface area contributed by atoms with Gasteiger partial charge in [-0.05, 0) is 37.3 Å². The molecule has 0 bridgehead atoms. The second-order valence-electron chi connectivity index (χ2n) is 5.24. The van der Waals surface area contributed by atoms with Crippen molar-refractivity contribution in [1.29, 1.82) is 0 Å². The Hall–Kier alpha value is -1.39. The molecule has 2 aromatic rings. The molecule has 0 spiro atoms. The third-order valence-electron chi connectivity index (χ3n) is 4.03. The molecule has 1 aliphatic heterocycles. The molecule has 0 amide bonds. The number of thiazole rings is 1. The van der Waals surface area contributed by atoms with E-state index in [1.165, 1.54) is 16.1 Å². The second kappa shape index (κ2) is 4.32. The van der Waals surface area contributed by atoms with Crippen LogP contribution in [0, 0.1) is 0 Å². The van der Waals surface area contributed by atoms with Crippen LogP contribution < -0.4 is 4.90 Å². The number of hydrogen-bond donors (Lipinski definition) is 1. The average molecular weight is 272 g/mol. The minimum Gasteiger partial charge on any atom is -0.387 e. The highest BCUT2D eigenvalue weighted by Crippen LogP contribution is 2.41. The molecular formula is C15H16N2OS. The number of anilines is 2. The lowest BCUT2D eigenvalue weighted by molar-refractivity contribution is 0.153. The molecule has 1 unspecified atom stereocenters. The number of aliphatic hydroxyl groups is 1. The van der Waals surface area contributed by atoms with Gasteiger partial charge in [0.25, 0.3) is 0 Å². The lowest BCUT2D eigenvalue weighted by Crippen LogP contribution is -2.13.